The Kier molecular flexibility index (Phi) is 4.81. The standard InChI is InChI=1S/C15H7ClF6N4OS/c1-2-9-7-3-6(14(17,18)19)4-8(16)11(7)26-13(24-9)12(10(5-23)25-26)28(27)15(20,21)22/h2-4,9,24H,1H2. The van der Waals surface area contributed by atoms with Crippen LogP contribution in [0, 0.1) is 11.3 Å². The summed E-state index contributed by atoms with van der Waals surface area (Å²) < 4.78 is 90.9. The number of fused-ring (bicyclic) bond motifs is 3. The molecular formula is C15H7ClF6N4OS. The van der Waals surface area contributed by atoms with Crippen LogP contribution in [-0.4, -0.2) is 19.8 Å². The maximum Gasteiger partial charge on any atom is 0.578 e. The first kappa shape index (κ1) is 20.4. The zero-order valence-corrected chi connectivity index (χ0v) is 14.9. The molecule has 0 saturated heterocycles. The van der Waals surface area contributed by atoms with E-state index >= 15 is 0 Å². The summed E-state index contributed by atoms with van der Waals surface area (Å²) in [5.41, 5.74) is -7.32. The quantitative estimate of drug-likeness (QED) is 0.417. The van der Waals surface area contributed by atoms with Crippen molar-refractivity contribution in [2.24, 2.45) is 0 Å². The van der Waals surface area contributed by atoms with Gasteiger partial charge in [-0.1, -0.05) is 17.7 Å². The van der Waals surface area contributed by atoms with Gasteiger partial charge in [-0.05, 0) is 12.1 Å². The summed E-state index contributed by atoms with van der Waals surface area (Å²) in [4.78, 5) is -0.941. The van der Waals surface area contributed by atoms with Gasteiger partial charge in [-0.2, -0.15) is 18.4 Å². The summed E-state index contributed by atoms with van der Waals surface area (Å²) in [6, 6.07) is 1.64. The lowest BCUT2D eigenvalue weighted by atomic mass is 9.99. The molecule has 2 atom stereocenters. The highest BCUT2D eigenvalue weighted by atomic mass is 35.5. The third kappa shape index (κ3) is 3.19. The van der Waals surface area contributed by atoms with Gasteiger partial charge in [-0.25, -0.2) is 4.68 Å². The Bertz CT molecular complexity index is 1010. The highest BCUT2D eigenvalue weighted by molar-refractivity contribution is 7.92. The third-order valence-electron chi connectivity index (χ3n) is 3.84. The highest BCUT2D eigenvalue weighted by Crippen LogP contribution is 2.46. The Hall–Kier alpha value is -2.36. The summed E-state index contributed by atoms with van der Waals surface area (Å²) in [5.74, 6) is -0.466. The van der Waals surface area contributed by atoms with Gasteiger partial charge in [0.25, 0.3) is 0 Å². The van der Waals surface area contributed by atoms with Crippen molar-refractivity contribution >= 4 is 28.6 Å². The van der Waals surface area contributed by atoms with Crippen LogP contribution in [0.4, 0.5) is 32.2 Å². The average Bonchev–Trinajstić information content (AvgIpc) is 2.96. The van der Waals surface area contributed by atoms with Crippen molar-refractivity contribution in [3.8, 4) is 11.8 Å². The second-order valence-electron chi connectivity index (χ2n) is 5.52. The first-order valence-corrected chi connectivity index (χ1v) is 8.74. The summed E-state index contributed by atoms with van der Waals surface area (Å²) in [7, 11) is 0. The van der Waals surface area contributed by atoms with Crippen molar-refractivity contribution in [1.29, 1.82) is 5.26 Å². The maximum absolute atomic E-state index is 13.1. The number of rotatable bonds is 2. The molecule has 5 nitrogen and oxygen atoms in total. The molecule has 1 aromatic carbocycles. The summed E-state index contributed by atoms with van der Waals surface area (Å²) in [6.07, 6.45) is -3.59. The van der Waals surface area contributed by atoms with Crippen LogP contribution in [0.5, 0.6) is 0 Å². The molecule has 1 N–H and O–H groups in total. The number of alkyl halides is 6. The van der Waals surface area contributed by atoms with Gasteiger partial charge in [-0.3, -0.25) is 0 Å². The van der Waals surface area contributed by atoms with Crippen LogP contribution in [0.3, 0.4) is 0 Å². The SMILES string of the molecule is C=CC1Nc2c([S+]([O-])C(F)(F)F)c(C#N)nn2-c2c(Cl)cc(C(F)(F)F)cc21. The molecule has 2 unspecified atom stereocenters. The Balaban J connectivity index is 2.33. The van der Waals surface area contributed by atoms with E-state index in [1.54, 1.807) is 0 Å². The fourth-order valence-corrected chi connectivity index (χ4v) is 3.83. The Labute approximate surface area is 161 Å². The summed E-state index contributed by atoms with van der Waals surface area (Å²) in [5, 5.41) is 14.8. The van der Waals surface area contributed by atoms with E-state index in [1.165, 1.54) is 6.07 Å². The zero-order valence-electron chi connectivity index (χ0n) is 13.3. The predicted molar refractivity (Wildman–Crippen MR) is 87.3 cm³/mol. The average molecular weight is 441 g/mol. The third-order valence-corrected chi connectivity index (χ3v) is 5.30. The normalized spacial score (nSPS) is 17.2. The van der Waals surface area contributed by atoms with E-state index in [0.717, 1.165) is 16.8 Å². The molecule has 1 aromatic heterocycles. The van der Waals surface area contributed by atoms with E-state index in [4.69, 9.17) is 16.9 Å². The minimum atomic E-state index is -5.19. The largest absolute Gasteiger partial charge is 0.604 e. The van der Waals surface area contributed by atoms with Crippen LogP contribution >= 0.6 is 11.6 Å². The first-order valence-electron chi connectivity index (χ1n) is 7.22. The minimum Gasteiger partial charge on any atom is -0.604 e. The number of hydrogen-bond donors (Lipinski definition) is 1. The smallest absolute Gasteiger partial charge is 0.578 e. The van der Waals surface area contributed by atoms with Crippen molar-refractivity contribution in [3.63, 3.8) is 0 Å². The van der Waals surface area contributed by atoms with Crippen molar-refractivity contribution < 1.29 is 30.9 Å². The Morgan fingerprint density at radius 2 is 1.96 bits per heavy atom. The molecule has 2 heterocycles. The van der Waals surface area contributed by atoms with E-state index in [0.29, 0.717) is 6.07 Å². The number of hydrogen-bond acceptors (Lipinski definition) is 4. The Morgan fingerprint density at radius 3 is 2.46 bits per heavy atom. The number of benzene rings is 1. The van der Waals surface area contributed by atoms with Gasteiger partial charge < -0.3 is 9.87 Å². The molecule has 2 aromatic rings. The van der Waals surface area contributed by atoms with Crippen LogP contribution in [-0.2, 0) is 17.4 Å². The van der Waals surface area contributed by atoms with Crippen molar-refractivity contribution in [1.82, 2.24) is 9.78 Å². The molecule has 0 amide bonds. The molecule has 13 heteroatoms. The van der Waals surface area contributed by atoms with Gasteiger partial charge in [0.05, 0.1) is 22.3 Å². The molecule has 0 fully saturated rings. The van der Waals surface area contributed by atoms with Gasteiger partial charge in [0, 0.05) is 5.56 Å². The lowest BCUT2D eigenvalue weighted by Crippen LogP contribution is -2.27. The molecule has 0 radical (unpaired) electrons. The van der Waals surface area contributed by atoms with Crippen molar-refractivity contribution in [2.45, 2.75) is 22.6 Å². The molecule has 148 valence electrons. The number of aromatic nitrogens is 2. The zero-order chi connectivity index (χ0) is 21.0. The molecule has 0 aliphatic carbocycles. The van der Waals surface area contributed by atoms with Gasteiger partial charge in [0.1, 0.15) is 17.2 Å². The molecular weight excluding hydrogens is 434 g/mol. The van der Waals surface area contributed by atoms with E-state index < -0.39 is 55.9 Å². The lowest BCUT2D eigenvalue weighted by Gasteiger charge is -2.28. The van der Waals surface area contributed by atoms with Gasteiger partial charge in [-0.15, -0.1) is 24.8 Å². The topological polar surface area (TPSA) is 76.7 Å². The molecule has 1 aliphatic rings. The van der Waals surface area contributed by atoms with Crippen LogP contribution in [0.15, 0.2) is 29.7 Å². The van der Waals surface area contributed by atoms with Crippen molar-refractivity contribution in [3.05, 3.63) is 46.6 Å². The van der Waals surface area contributed by atoms with Crippen LogP contribution < -0.4 is 5.32 Å². The van der Waals surface area contributed by atoms with E-state index in [2.05, 4.69) is 17.0 Å². The van der Waals surface area contributed by atoms with Crippen LogP contribution in [0.1, 0.15) is 22.9 Å². The predicted octanol–water partition coefficient (Wildman–Crippen LogP) is 4.70. The molecule has 3 rings (SSSR count). The summed E-state index contributed by atoms with van der Waals surface area (Å²) in [6.45, 7) is 3.45. The lowest BCUT2D eigenvalue weighted by molar-refractivity contribution is -0.137. The van der Waals surface area contributed by atoms with Crippen LogP contribution in [0.25, 0.3) is 5.69 Å². The van der Waals surface area contributed by atoms with Gasteiger partial charge in [0.15, 0.2) is 5.82 Å². The maximum atomic E-state index is 13.1. The first-order chi connectivity index (χ1) is 12.9. The number of nitrogens with zero attached hydrogens (tertiary/aromatic N) is 3. The van der Waals surface area contributed by atoms with E-state index in [1.807, 2.05) is 0 Å². The molecule has 0 spiro atoms. The van der Waals surface area contributed by atoms with Crippen LogP contribution in [0.2, 0.25) is 5.02 Å². The molecule has 0 bridgehead atoms. The summed E-state index contributed by atoms with van der Waals surface area (Å²) >= 11 is 2.36. The van der Waals surface area contributed by atoms with Gasteiger partial charge >= 0.3 is 11.7 Å². The number of halogens is 7. The van der Waals surface area contributed by atoms with Gasteiger partial charge in [0.2, 0.25) is 10.6 Å². The van der Waals surface area contributed by atoms with Crippen molar-refractivity contribution in [2.75, 3.05) is 5.32 Å². The second kappa shape index (κ2) is 6.61. The van der Waals surface area contributed by atoms with E-state index in [-0.39, 0.29) is 11.3 Å². The highest BCUT2D eigenvalue weighted by Gasteiger charge is 2.51. The number of nitriles is 1. The minimum absolute atomic E-state index is 0.0707. The van der Waals surface area contributed by atoms with E-state index in [9.17, 15) is 30.9 Å². The number of anilines is 1. The monoisotopic (exact) mass is 440 g/mol. The molecule has 0 saturated carbocycles. The fourth-order valence-electron chi connectivity index (χ4n) is 2.71. The molecule has 28 heavy (non-hydrogen) atoms. The number of nitrogens with one attached hydrogen (secondary N) is 1. The second-order valence-corrected chi connectivity index (χ2v) is 7.33. The Morgan fingerprint density at radius 1 is 1.32 bits per heavy atom. The fraction of sp³-hybridized carbons (Fsp3) is 0.200. The molecule has 1 aliphatic heterocycles.